The molecule has 2 aromatic carbocycles. The van der Waals surface area contributed by atoms with E-state index in [2.05, 4.69) is 11.9 Å². The number of imide groups is 1. The first-order valence-electron chi connectivity index (χ1n) is 14.8. The second kappa shape index (κ2) is 13.1. The van der Waals surface area contributed by atoms with E-state index in [4.69, 9.17) is 15.6 Å². The number of carbonyl (C=O) groups is 4. The normalized spacial score (nSPS) is 13.3. The van der Waals surface area contributed by atoms with Gasteiger partial charge in [-0.3, -0.25) is 14.4 Å². The smallest absolute Gasteiger partial charge is 0.333 e. The van der Waals surface area contributed by atoms with Crippen molar-refractivity contribution in [1.82, 2.24) is 19.6 Å². The highest BCUT2D eigenvalue weighted by atomic mass is 16.7. The lowest BCUT2D eigenvalue weighted by Crippen LogP contribution is -2.32. The Morgan fingerprint density at radius 1 is 0.977 bits per heavy atom. The molecule has 0 unspecified atom stereocenters. The summed E-state index contributed by atoms with van der Waals surface area (Å²) in [7, 11) is 0. The second-order valence-corrected chi connectivity index (χ2v) is 11.0. The van der Waals surface area contributed by atoms with Gasteiger partial charge in [0.15, 0.2) is 17.3 Å². The fourth-order valence-corrected chi connectivity index (χ4v) is 5.38. The highest BCUT2D eigenvalue weighted by molar-refractivity contribution is 6.07. The molecule has 0 bridgehead atoms. The number of aryl methyl sites for hydroxylation is 2. The number of ketones is 1. The molecule has 4 aromatic rings. The van der Waals surface area contributed by atoms with E-state index in [1.165, 1.54) is 6.07 Å². The molecule has 0 saturated carbocycles. The summed E-state index contributed by atoms with van der Waals surface area (Å²) in [5, 5.41) is 21.9. The number of Topliss-reactive ketones (excluding diaryl/α,β-unsaturated/α-hetero) is 1. The minimum Gasteiger partial charge on any atom is -0.504 e. The number of phenols is 2. The number of imidazole rings is 1. The number of amides is 2. The maximum atomic E-state index is 12.6. The van der Waals surface area contributed by atoms with Gasteiger partial charge in [-0.05, 0) is 43.0 Å². The van der Waals surface area contributed by atoms with Crippen LogP contribution in [0.2, 0.25) is 0 Å². The highest BCUT2D eigenvalue weighted by Crippen LogP contribution is 2.34. The lowest BCUT2D eigenvalue weighted by atomic mass is 10.0. The van der Waals surface area contributed by atoms with Crippen molar-refractivity contribution in [3.05, 3.63) is 53.3 Å². The minimum atomic E-state index is -0.722. The molecule has 0 atom stereocenters. The van der Waals surface area contributed by atoms with Gasteiger partial charge in [-0.25, -0.2) is 14.8 Å². The second-order valence-electron chi connectivity index (χ2n) is 11.0. The molecule has 1 fully saturated rings. The number of aromatic hydroxyl groups is 2. The van der Waals surface area contributed by atoms with Gasteiger partial charge in [0.25, 0.3) is 11.8 Å². The number of phenolic OH excluding ortho intramolecular Hbond substituents is 2. The predicted molar refractivity (Wildman–Crippen MR) is 161 cm³/mol. The van der Waals surface area contributed by atoms with Crippen LogP contribution < -0.4 is 5.73 Å². The fraction of sp³-hybridized carbons (Fsp3) is 0.375. The SMILES string of the molecule is CCCCc1nc2c(N)nc3ccc(CCC(=O)CCCC(=O)ON4C(=O)CCC4=O)cc3c2n1Cc1cccc(O)c1O. The number of nitrogens with zero attached hydrogens (tertiary/aromatic N) is 4. The van der Waals surface area contributed by atoms with Crippen LogP contribution in [0.5, 0.6) is 11.5 Å². The lowest BCUT2D eigenvalue weighted by Gasteiger charge is -2.13. The first-order valence-corrected chi connectivity index (χ1v) is 14.8. The van der Waals surface area contributed by atoms with Crippen molar-refractivity contribution >= 4 is 51.3 Å². The van der Waals surface area contributed by atoms with Gasteiger partial charge in [0, 0.05) is 49.5 Å². The summed E-state index contributed by atoms with van der Waals surface area (Å²) in [6.07, 6.45) is 3.66. The van der Waals surface area contributed by atoms with Crippen molar-refractivity contribution < 1.29 is 34.2 Å². The van der Waals surface area contributed by atoms with Gasteiger partial charge in [-0.1, -0.05) is 31.5 Å². The Morgan fingerprint density at radius 3 is 2.50 bits per heavy atom. The van der Waals surface area contributed by atoms with E-state index in [-0.39, 0.29) is 62.4 Å². The van der Waals surface area contributed by atoms with Crippen LogP contribution in [0.3, 0.4) is 0 Å². The highest BCUT2D eigenvalue weighted by Gasteiger charge is 2.32. The number of benzene rings is 2. The molecule has 230 valence electrons. The van der Waals surface area contributed by atoms with E-state index in [0.717, 1.165) is 35.1 Å². The molecular weight excluding hydrogens is 566 g/mol. The van der Waals surface area contributed by atoms with Crippen molar-refractivity contribution in [3.8, 4) is 11.5 Å². The molecule has 1 aliphatic rings. The molecule has 12 nitrogen and oxygen atoms in total. The van der Waals surface area contributed by atoms with E-state index < -0.39 is 17.8 Å². The van der Waals surface area contributed by atoms with Crippen molar-refractivity contribution in [2.24, 2.45) is 0 Å². The Hall–Kier alpha value is -5.00. The monoisotopic (exact) mass is 601 g/mol. The lowest BCUT2D eigenvalue weighted by molar-refractivity contribution is -0.197. The maximum Gasteiger partial charge on any atom is 0.333 e. The minimum absolute atomic E-state index is 0.0257. The summed E-state index contributed by atoms with van der Waals surface area (Å²) in [5.74, 6) is -1.13. The van der Waals surface area contributed by atoms with Crippen LogP contribution in [0.25, 0.3) is 21.9 Å². The number of fused-ring (bicyclic) bond motifs is 3. The van der Waals surface area contributed by atoms with E-state index in [1.807, 2.05) is 22.8 Å². The molecule has 2 amide bonds. The zero-order chi connectivity index (χ0) is 31.4. The zero-order valence-corrected chi connectivity index (χ0v) is 24.5. The summed E-state index contributed by atoms with van der Waals surface area (Å²) >= 11 is 0. The van der Waals surface area contributed by atoms with E-state index >= 15 is 0 Å². The topological polar surface area (TPSA) is 178 Å². The summed E-state index contributed by atoms with van der Waals surface area (Å²) in [4.78, 5) is 62.1. The number of hydroxylamine groups is 2. The number of carbonyl (C=O) groups excluding carboxylic acids is 4. The van der Waals surface area contributed by atoms with Crippen LogP contribution in [-0.4, -0.2) is 53.4 Å². The standard InChI is InChI=1S/C32H35N5O7/c1-2-3-9-25-35-29-30(36(25)18-20-6-4-8-24(39)31(20)43)22-17-19(12-14-23(22)34-32(29)33)11-13-21(38)7-5-10-28(42)44-37-26(40)15-16-27(37)41/h4,6,8,12,14,17,39,43H,2-3,5,7,9-11,13,15-16,18H2,1H3,(H2,33,34). The van der Waals surface area contributed by atoms with Gasteiger partial charge in [-0.2, -0.15) is 0 Å². The van der Waals surface area contributed by atoms with Crippen molar-refractivity contribution in [1.29, 1.82) is 0 Å². The van der Waals surface area contributed by atoms with Crippen molar-refractivity contribution in [2.75, 3.05) is 5.73 Å². The molecule has 0 spiro atoms. The van der Waals surface area contributed by atoms with Crippen LogP contribution in [0.15, 0.2) is 36.4 Å². The number of anilines is 1. The van der Waals surface area contributed by atoms with Gasteiger partial charge in [-0.15, -0.1) is 5.06 Å². The Balaban J connectivity index is 1.33. The third kappa shape index (κ3) is 6.48. The molecule has 3 heterocycles. The molecule has 1 saturated heterocycles. The third-order valence-corrected chi connectivity index (χ3v) is 7.75. The van der Waals surface area contributed by atoms with Crippen molar-refractivity contribution in [3.63, 3.8) is 0 Å². The largest absolute Gasteiger partial charge is 0.504 e. The number of nitrogen functional groups attached to an aromatic ring is 1. The van der Waals surface area contributed by atoms with Crippen LogP contribution in [-0.2, 0) is 43.4 Å². The molecule has 2 aromatic heterocycles. The van der Waals surface area contributed by atoms with Crippen LogP contribution >= 0.6 is 0 Å². The van der Waals surface area contributed by atoms with Gasteiger partial charge in [0.1, 0.15) is 17.1 Å². The Labute approximate surface area is 253 Å². The molecule has 5 rings (SSSR count). The zero-order valence-electron chi connectivity index (χ0n) is 24.5. The number of aromatic nitrogens is 3. The predicted octanol–water partition coefficient (Wildman–Crippen LogP) is 4.25. The summed E-state index contributed by atoms with van der Waals surface area (Å²) < 4.78 is 2.01. The Kier molecular flexibility index (Phi) is 9.07. The maximum absolute atomic E-state index is 12.6. The van der Waals surface area contributed by atoms with Gasteiger partial charge in [0.2, 0.25) is 0 Å². The molecule has 1 aliphatic heterocycles. The third-order valence-electron chi connectivity index (χ3n) is 7.75. The average Bonchev–Trinajstić information content (AvgIpc) is 3.52. The summed E-state index contributed by atoms with van der Waals surface area (Å²) in [6, 6.07) is 10.6. The fourth-order valence-electron chi connectivity index (χ4n) is 5.38. The average molecular weight is 602 g/mol. The Bertz CT molecular complexity index is 1750. The number of para-hydroxylation sites is 1. The molecule has 12 heteroatoms. The quantitative estimate of drug-likeness (QED) is 0.148. The van der Waals surface area contributed by atoms with E-state index in [0.29, 0.717) is 40.3 Å². The Morgan fingerprint density at radius 2 is 1.75 bits per heavy atom. The van der Waals surface area contributed by atoms with E-state index in [1.54, 1.807) is 12.1 Å². The molecular formula is C32H35N5O7. The van der Waals surface area contributed by atoms with Crippen LogP contribution in [0.4, 0.5) is 5.82 Å². The van der Waals surface area contributed by atoms with E-state index in [9.17, 15) is 29.4 Å². The number of hydrogen-bond donors (Lipinski definition) is 3. The summed E-state index contributed by atoms with van der Waals surface area (Å²) in [5.41, 5.74) is 9.79. The number of hydrogen-bond acceptors (Lipinski definition) is 10. The molecule has 0 aliphatic carbocycles. The van der Waals surface area contributed by atoms with Crippen LogP contribution in [0, 0.1) is 0 Å². The number of rotatable bonds is 13. The molecule has 44 heavy (non-hydrogen) atoms. The number of unbranched alkanes of at least 4 members (excludes halogenated alkanes) is 1. The molecule has 0 radical (unpaired) electrons. The first kappa shape index (κ1) is 30.5. The number of nitrogens with two attached hydrogens (primary N) is 1. The summed E-state index contributed by atoms with van der Waals surface area (Å²) in [6.45, 7) is 2.36. The van der Waals surface area contributed by atoms with Gasteiger partial charge < -0.3 is 25.4 Å². The van der Waals surface area contributed by atoms with Crippen LogP contribution in [0.1, 0.15) is 75.2 Å². The van der Waals surface area contributed by atoms with Crippen molar-refractivity contribution in [2.45, 2.75) is 77.7 Å². The number of pyridine rings is 1. The van der Waals surface area contributed by atoms with Gasteiger partial charge in [0.05, 0.1) is 17.6 Å². The first-order chi connectivity index (χ1) is 21.2. The van der Waals surface area contributed by atoms with Gasteiger partial charge >= 0.3 is 5.97 Å². The molecule has 4 N–H and O–H groups in total.